The highest BCUT2D eigenvalue weighted by atomic mass is 35.5. The number of nitrogens with zero attached hydrogens (tertiary/aromatic N) is 1. The standard InChI is InChI=1S/C21H16Cl2N2O6S/c1-11-3-2-4-13(5-11)24-17(26)9-25-20(29)16(32-21(25)30)8-12-6-14(22)19(15(23)7-12)31-10-18(27)28/h2-8H,9-10H2,1H3,(H,24,26)(H,27,28). The molecule has 0 atom stereocenters. The van der Waals surface area contributed by atoms with Crippen molar-refractivity contribution in [3.8, 4) is 5.75 Å². The third-order valence-corrected chi connectivity index (χ3v) is 5.60. The fourth-order valence-corrected chi connectivity index (χ4v) is 4.24. The molecule has 1 heterocycles. The molecule has 2 aromatic carbocycles. The lowest BCUT2D eigenvalue weighted by molar-refractivity contribution is -0.139. The normalized spacial score (nSPS) is 14.7. The van der Waals surface area contributed by atoms with Crippen molar-refractivity contribution in [2.45, 2.75) is 6.92 Å². The van der Waals surface area contributed by atoms with E-state index in [-0.39, 0.29) is 20.7 Å². The topological polar surface area (TPSA) is 113 Å². The van der Waals surface area contributed by atoms with E-state index in [1.165, 1.54) is 18.2 Å². The number of halogens is 2. The van der Waals surface area contributed by atoms with Crippen molar-refractivity contribution in [1.82, 2.24) is 4.90 Å². The van der Waals surface area contributed by atoms with Crippen LogP contribution >= 0.6 is 35.0 Å². The minimum atomic E-state index is -1.19. The van der Waals surface area contributed by atoms with Gasteiger partial charge in [0.2, 0.25) is 5.91 Å². The first kappa shape index (κ1) is 23.6. The summed E-state index contributed by atoms with van der Waals surface area (Å²) in [5.41, 5.74) is 1.91. The molecule has 0 aromatic heterocycles. The highest BCUT2D eigenvalue weighted by molar-refractivity contribution is 8.18. The lowest BCUT2D eigenvalue weighted by atomic mass is 10.2. The molecule has 2 N–H and O–H groups in total. The second-order valence-corrected chi connectivity index (χ2v) is 8.49. The number of amides is 3. The molecular weight excluding hydrogens is 479 g/mol. The van der Waals surface area contributed by atoms with Gasteiger partial charge in [0.1, 0.15) is 6.54 Å². The number of hydrogen-bond donors (Lipinski definition) is 2. The summed E-state index contributed by atoms with van der Waals surface area (Å²) in [6, 6.07) is 9.97. The summed E-state index contributed by atoms with van der Waals surface area (Å²) in [6.07, 6.45) is 1.40. The van der Waals surface area contributed by atoms with Gasteiger partial charge < -0.3 is 15.2 Å². The third kappa shape index (κ3) is 5.82. The van der Waals surface area contributed by atoms with E-state index in [4.69, 9.17) is 33.0 Å². The summed E-state index contributed by atoms with van der Waals surface area (Å²) in [5, 5.41) is 10.9. The Labute approximate surface area is 197 Å². The molecule has 0 unspecified atom stereocenters. The van der Waals surface area contributed by atoms with Crippen molar-refractivity contribution < 1.29 is 29.0 Å². The second kappa shape index (κ2) is 10.1. The third-order valence-electron chi connectivity index (χ3n) is 4.14. The van der Waals surface area contributed by atoms with E-state index in [2.05, 4.69) is 5.32 Å². The highest BCUT2D eigenvalue weighted by Gasteiger charge is 2.36. The molecular formula is C21H16Cl2N2O6S. The van der Waals surface area contributed by atoms with Crippen LogP contribution in [0.15, 0.2) is 41.3 Å². The Morgan fingerprint density at radius 1 is 1.19 bits per heavy atom. The number of ether oxygens (including phenoxy) is 1. The SMILES string of the molecule is Cc1cccc(NC(=O)CN2C(=O)SC(=Cc3cc(Cl)c(OCC(=O)O)c(Cl)c3)C2=O)c1. The maximum Gasteiger partial charge on any atom is 0.341 e. The summed E-state index contributed by atoms with van der Waals surface area (Å²) in [7, 11) is 0. The monoisotopic (exact) mass is 494 g/mol. The van der Waals surface area contributed by atoms with Crippen LogP contribution in [0.25, 0.3) is 6.08 Å². The molecule has 0 spiro atoms. The maximum absolute atomic E-state index is 12.7. The average Bonchev–Trinajstić information content (AvgIpc) is 2.94. The zero-order valence-electron chi connectivity index (χ0n) is 16.6. The molecule has 1 aliphatic heterocycles. The molecule has 1 fully saturated rings. The Bertz CT molecular complexity index is 1130. The minimum Gasteiger partial charge on any atom is -0.479 e. The van der Waals surface area contributed by atoms with Gasteiger partial charge in [-0.25, -0.2) is 4.79 Å². The number of carbonyl (C=O) groups is 4. The average molecular weight is 495 g/mol. The van der Waals surface area contributed by atoms with Crippen LogP contribution in [0.4, 0.5) is 10.5 Å². The molecule has 0 radical (unpaired) electrons. The summed E-state index contributed by atoms with van der Waals surface area (Å²) >= 11 is 12.9. The van der Waals surface area contributed by atoms with Crippen LogP contribution in [0, 0.1) is 6.92 Å². The Morgan fingerprint density at radius 2 is 1.88 bits per heavy atom. The number of imide groups is 1. The van der Waals surface area contributed by atoms with Gasteiger partial charge in [0.15, 0.2) is 12.4 Å². The van der Waals surface area contributed by atoms with E-state index in [0.717, 1.165) is 10.5 Å². The molecule has 11 heteroatoms. The summed E-state index contributed by atoms with van der Waals surface area (Å²) in [5.74, 6) is -2.34. The number of hydrogen-bond acceptors (Lipinski definition) is 6. The van der Waals surface area contributed by atoms with Crippen LogP contribution in [0.2, 0.25) is 10.0 Å². The van der Waals surface area contributed by atoms with Crippen LogP contribution in [-0.2, 0) is 14.4 Å². The number of rotatable bonds is 7. The minimum absolute atomic E-state index is 0.00573. The number of aliphatic carboxylic acids is 1. The molecule has 3 rings (SSSR count). The van der Waals surface area contributed by atoms with Crippen LogP contribution in [0.1, 0.15) is 11.1 Å². The number of anilines is 1. The number of carboxylic acid groups (broad SMARTS) is 1. The molecule has 8 nitrogen and oxygen atoms in total. The quantitative estimate of drug-likeness (QED) is 0.546. The van der Waals surface area contributed by atoms with Gasteiger partial charge in [-0.1, -0.05) is 35.3 Å². The predicted molar refractivity (Wildman–Crippen MR) is 122 cm³/mol. The van der Waals surface area contributed by atoms with Gasteiger partial charge in [-0.3, -0.25) is 19.3 Å². The Morgan fingerprint density at radius 3 is 2.50 bits per heavy atom. The molecule has 1 saturated heterocycles. The molecule has 0 saturated carbocycles. The molecule has 0 aliphatic carbocycles. The van der Waals surface area contributed by atoms with Crippen LogP contribution in [-0.4, -0.2) is 46.2 Å². The highest BCUT2D eigenvalue weighted by Crippen LogP contribution is 2.37. The van der Waals surface area contributed by atoms with E-state index in [1.807, 2.05) is 13.0 Å². The summed E-state index contributed by atoms with van der Waals surface area (Å²) in [4.78, 5) is 48.8. The van der Waals surface area contributed by atoms with Gasteiger partial charge in [-0.15, -0.1) is 0 Å². The Balaban J connectivity index is 1.72. The van der Waals surface area contributed by atoms with Crippen molar-refractivity contribution in [3.63, 3.8) is 0 Å². The van der Waals surface area contributed by atoms with E-state index in [9.17, 15) is 19.2 Å². The fraction of sp³-hybridized carbons (Fsp3) is 0.143. The lowest BCUT2D eigenvalue weighted by Crippen LogP contribution is -2.36. The first-order valence-corrected chi connectivity index (χ1v) is 10.7. The van der Waals surface area contributed by atoms with E-state index in [0.29, 0.717) is 23.0 Å². The van der Waals surface area contributed by atoms with Crippen molar-refractivity contribution in [1.29, 1.82) is 0 Å². The predicted octanol–water partition coefficient (Wildman–Crippen LogP) is 4.44. The van der Waals surface area contributed by atoms with Gasteiger partial charge in [-0.05, 0) is 60.2 Å². The van der Waals surface area contributed by atoms with Crippen LogP contribution < -0.4 is 10.1 Å². The first-order valence-electron chi connectivity index (χ1n) is 9.09. The largest absolute Gasteiger partial charge is 0.479 e. The number of thioether (sulfide) groups is 1. The zero-order valence-corrected chi connectivity index (χ0v) is 18.9. The number of aryl methyl sites for hydroxylation is 1. The smallest absolute Gasteiger partial charge is 0.341 e. The number of carboxylic acids is 1. The van der Waals surface area contributed by atoms with Gasteiger partial charge in [0.05, 0.1) is 15.0 Å². The molecule has 166 valence electrons. The summed E-state index contributed by atoms with van der Waals surface area (Å²) in [6.45, 7) is 0.821. The number of carbonyl (C=O) groups excluding carboxylic acids is 3. The van der Waals surface area contributed by atoms with Gasteiger partial charge >= 0.3 is 5.97 Å². The van der Waals surface area contributed by atoms with Gasteiger partial charge in [0.25, 0.3) is 11.1 Å². The molecule has 2 aromatic rings. The Hall–Kier alpha value is -3.01. The van der Waals surface area contributed by atoms with Crippen LogP contribution in [0.3, 0.4) is 0 Å². The van der Waals surface area contributed by atoms with E-state index < -0.39 is 36.2 Å². The van der Waals surface area contributed by atoms with Crippen LogP contribution in [0.5, 0.6) is 5.75 Å². The number of benzene rings is 2. The van der Waals surface area contributed by atoms with E-state index >= 15 is 0 Å². The first-order chi connectivity index (χ1) is 15.1. The summed E-state index contributed by atoms with van der Waals surface area (Å²) < 4.78 is 5.05. The zero-order chi connectivity index (χ0) is 23.4. The van der Waals surface area contributed by atoms with Crippen molar-refractivity contribution in [3.05, 3.63) is 62.5 Å². The van der Waals surface area contributed by atoms with Crippen molar-refractivity contribution in [2.24, 2.45) is 0 Å². The van der Waals surface area contributed by atoms with Crippen molar-refractivity contribution in [2.75, 3.05) is 18.5 Å². The molecule has 1 aliphatic rings. The maximum atomic E-state index is 12.7. The second-order valence-electron chi connectivity index (χ2n) is 6.68. The molecule has 3 amide bonds. The molecule has 32 heavy (non-hydrogen) atoms. The van der Waals surface area contributed by atoms with E-state index in [1.54, 1.807) is 18.2 Å². The molecule has 0 bridgehead atoms. The van der Waals surface area contributed by atoms with Crippen molar-refractivity contribution >= 4 is 69.8 Å². The number of nitrogens with one attached hydrogen (secondary N) is 1. The lowest BCUT2D eigenvalue weighted by Gasteiger charge is -2.12. The van der Waals surface area contributed by atoms with Gasteiger partial charge in [0, 0.05) is 5.69 Å². The van der Waals surface area contributed by atoms with Gasteiger partial charge in [-0.2, -0.15) is 0 Å². The fourth-order valence-electron chi connectivity index (χ4n) is 2.79. The Kier molecular flexibility index (Phi) is 7.44.